The number of hydrogen-bond donors (Lipinski definition) is 3. The lowest BCUT2D eigenvalue weighted by Crippen LogP contribution is -2.51. The van der Waals surface area contributed by atoms with Crippen LogP contribution in [0.15, 0.2) is 30.3 Å². The van der Waals surface area contributed by atoms with Crippen molar-refractivity contribution in [3.05, 3.63) is 35.9 Å². The lowest BCUT2D eigenvalue weighted by atomic mass is 9.99. The van der Waals surface area contributed by atoms with E-state index < -0.39 is 5.54 Å². The van der Waals surface area contributed by atoms with E-state index in [2.05, 4.69) is 17.2 Å². The third-order valence-electron chi connectivity index (χ3n) is 2.84. The largest absolute Gasteiger partial charge is 0.394 e. The fourth-order valence-electron chi connectivity index (χ4n) is 1.41. The van der Waals surface area contributed by atoms with E-state index in [0.717, 1.165) is 5.56 Å². The van der Waals surface area contributed by atoms with Gasteiger partial charge in [0, 0.05) is 5.56 Å². The molecule has 1 aromatic rings. The maximum atomic E-state index is 9.22. The van der Waals surface area contributed by atoms with Crippen LogP contribution in [0.25, 0.3) is 0 Å². The monoisotopic (exact) mass is 233 g/mol. The van der Waals surface area contributed by atoms with E-state index in [-0.39, 0.29) is 13.2 Å². The average Bonchev–Trinajstić information content (AvgIpc) is 2.41. The summed E-state index contributed by atoms with van der Waals surface area (Å²) in [6.45, 7) is 2.19. The molecule has 1 rings (SSSR count). The maximum absolute atomic E-state index is 9.22. The molecule has 92 valence electrons. The molecule has 0 aliphatic heterocycles. The molecule has 0 aliphatic rings. The first kappa shape index (κ1) is 13.7. The highest BCUT2D eigenvalue weighted by Gasteiger charge is 2.24. The molecule has 3 nitrogen and oxygen atoms in total. The van der Waals surface area contributed by atoms with Crippen LogP contribution in [-0.2, 0) is 0 Å². The van der Waals surface area contributed by atoms with Crippen molar-refractivity contribution in [2.75, 3.05) is 19.8 Å². The van der Waals surface area contributed by atoms with Gasteiger partial charge in [0.25, 0.3) is 0 Å². The molecule has 0 spiro atoms. The summed E-state index contributed by atoms with van der Waals surface area (Å²) in [7, 11) is 0. The Morgan fingerprint density at radius 3 is 2.35 bits per heavy atom. The zero-order valence-corrected chi connectivity index (χ0v) is 10.1. The zero-order chi connectivity index (χ0) is 12.6. The Kier molecular flexibility index (Phi) is 5.71. The normalized spacial score (nSPS) is 10.8. The first-order chi connectivity index (χ1) is 8.26. The lowest BCUT2D eigenvalue weighted by molar-refractivity contribution is 0.0913. The van der Waals surface area contributed by atoms with Crippen molar-refractivity contribution < 1.29 is 10.2 Å². The van der Waals surface area contributed by atoms with Crippen LogP contribution in [0.1, 0.15) is 18.9 Å². The SMILES string of the molecule is CCC(CO)(CO)NCC#Cc1ccccc1. The van der Waals surface area contributed by atoms with Gasteiger partial charge in [-0.25, -0.2) is 0 Å². The van der Waals surface area contributed by atoms with Gasteiger partial charge in [-0.05, 0) is 18.6 Å². The Morgan fingerprint density at radius 2 is 1.82 bits per heavy atom. The van der Waals surface area contributed by atoms with Gasteiger partial charge in [-0.1, -0.05) is 37.0 Å². The fraction of sp³-hybridized carbons (Fsp3) is 0.429. The predicted octanol–water partition coefficient (Wildman–Crippen LogP) is 0.761. The minimum Gasteiger partial charge on any atom is -0.394 e. The van der Waals surface area contributed by atoms with Crippen molar-refractivity contribution in [3.63, 3.8) is 0 Å². The van der Waals surface area contributed by atoms with Gasteiger partial charge in [0.2, 0.25) is 0 Å². The zero-order valence-electron chi connectivity index (χ0n) is 10.1. The van der Waals surface area contributed by atoms with Crippen molar-refractivity contribution in [3.8, 4) is 11.8 Å². The topological polar surface area (TPSA) is 52.5 Å². The molecule has 0 bridgehead atoms. The molecule has 1 aromatic carbocycles. The number of aliphatic hydroxyl groups is 2. The van der Waals surface area contributed by atoms with Crippen LogP contribution in [0.5, 0.6) is 0 Å². The third kappa shape index (κ3) is 4.20. The number of benzene rings is 1. The quantitative estimate of drug-likeness (QED) is 0.658. The Morgan fingerprint density at radius 1 is 1.18 bits per heavy atom. The van der Waals surface area contributed by atoms with Gasteiger partial charge in [0.15, 0.2) is 0 Å². The van der Waals surface area contributed by atoms with E-state index in [1.165, 1.54) is 0 Å². The van der Waals surface area contributed by atoms with Crippen LogP contribution in [0.2, 0.25) is 0 Å². The van der Waals surface area contributed by atoms with Crippen molar-refractivity contribution in [1.29, 1.82) is 0 Å². The van der Waals surface area contributed by atoms with Crippen molar-refractivity contribution in [2.45, 2.75) is 18.9 Å². The summed E-state index contributed by atoms with van der Waals surface area (Å²) in [5, 5.41) is 21.5. The number of hydrogen-bond acceptors (Lipinski definition) is 3. The Balaban J connectivity index is 2.50. The van der Waals surface area contributed by atoms with E-state index in [4.69, 9.17) is 0 Å². The van der Waals surface area contributed by atoms with E-state index in [0.29, 0.717) is 13.0 Å². The van der Waals surface area contributed by atoms with Gasteiger partial charge >= 0.3 is 0 Å². The molecule has 3 N–H and O–H groups in total. The highest BCUT2D eigenvalue weighted by molar-refractivity contribution is 5.33. The smallest absolute Gasteiger partial charge is 0.0652 e. The number of rotatable bonds is 5. The summed E-state index contributed by atoms with van der Waals surface area (Å²) in [6, 6.07) is 9.71. The molecule has 0 heterocycles. The van der Waals surface area contributed by atoms with Crippen LogP contribution in [-0.4, -0.2) is 35.5 Å². The van der Waals surface area contributed by atoms with Crippen molar-refractivity contribution in [1.82, 2.24) is 5.32 Å². The molecule has 0 aromatic heterocycles. The van der Waals surface area contributed by atoms with Gasteiger partial charge < -0.3 is 10.2 Å². The second kappa shape index (κ2) is 7.08. The van der Waals surface area contributed by atoms with E-state index >= 15 is 0 Å². The summed E-state index contributed by atoms with van der Waals surface area (Å²) in [5.41, 5.74) is 0.343. The summed E-state index contributed by atoms with van der Waals surface area (Å²) >= 11 is 0. The van der Waals surface area contributed by atoms with Gasteiger partial charge in [-0.3, -0.25) is 5.32 Å². The minimum atomic E-state index is -0.620. The fourth-order valence-corrected chi connectivity index (χ4v) is 1.41. The molecule has 0 aliphatic carbocycles. The summed E-state index contributed by atoms with van der Waals surface area (Å²) in [6.07, 6.45) is 0.660. The molecule has 3 heteroatoms. The Bertz CT molecular complexity index is 366. The highest BCUT2D eigenvalue weighted by Crippen LogP contribution is 2.07. The molecule has 0 saturated carbocycles. The van der Waals surface area contributed by atoms with E-state index in [1.54, 1.807) is 0 Å². The third-order valence-corrected chi connectivity index (χ3v) is 2.84. The summed E-state index contributed by atoms with van der Waals surface area (Å²) < 4.78 is 0. The second-order valence-electron chi connectivity index (χ2n) is 3.97. The van der Waals surface area contributed by atoms with Crippen LogP contribution < -0.4 is 5.32 Å². The standard InChI is InChI=1S/C14H19NO2/c1-2-14(11-16,12-17)15-10-6-9-13-7-4-3-5-8-13/h3-5,7-8,15-17H,2,10-12H2,1H3. The molecule has 0 saturated heterocycles. The van der Waals surface area contributed by atoms with Crippen LogP contribution >= 0.6 is 0 Å². The Labute approximate surface area is 102 Å². The molecule has 0 unspecified atom stereocenters. The van der Waals surface area contributed by atoms with Gasteiger partial charge in [0.05, 0.1) is 25.3 Å². The van der Waals surface area contributed by atoms with E-state index in [1.807, 2.05) is 37.3 Å². The molecule has 0 radical (unpaired) electrons. The number of aliphatic hydroxyl groups excluding tert-OH is 2. The second-order valence-corrected chi connectivity index (χ2v) is 3.97. The van der Waals surface area contributed by atoms with Crippen LogP contribution in [0.3, 0.4) is 0 Å². The molecular formula is C14H19NO2. The van der Waals surface area contributed by atoms with Crippen molar-refractivity contribution >= 4 is 0 Å². The summed E-state index contributed by atoms with van der Waals surface area (Å²) in [4.78, 5) is 0. The molecule has 0 fully saturated rings. The predicted molar refractivity (Wildman–Crippen MR) is 68.5 cm³/mol. The average molecular weight is 233 g/mol. The molecule has 17 heavy (non-hydrogen) atoms. The molecule has 0 amide bonds. The van der Waals surface area contributed by atoms with E-state index in [9.17, 15) is 10.2 Å². The maximum Gasteiger partial charge on any atom is 0.0652 e. The van der Waals surface area contributed by atoms with Gasteiger partial charge in [-0.2, -0.15) is 0 Å². The molecular weight excluding hydrogens is 214 g/mol. The minimum absolute atomic E-state index is 0.0903. The highest BCUT2D eigenvalue weighted by atomic mass is 16.3. The van der Waals surface area contributed by atoms with Gasteiger partial charge in [-0.15, -0.1) is 0 Å². The Hall–Kier alpha value is -1.34. The lowest BCUT2D eigenvalue weighted by Gasteiger charge is -2.28. The van der Waals surface area contributed by atoms with Gasteiger partial charge in [0.1, 0.15) is 0 Å². The molecule has 0 atom stereocenters. The van der Waals surface area contributed by atoms with Crippen LogP contribution in [0, 0.1) is 11.8 Å². The summed E-state index contributed by atoms with van der Waals surface area (Å²) in [5.74, 6) is 5.99. The first-order valence-corrected chi connectivity index (χ1v) is 5.77. The first-order valence-electron chi connectivity index (χ1n) is 5.77. The number of nitrogens with one attached hydrogen (secondary N) is 1. The van der Waals surface area contributed by atoms with Crippen molar-refractivity contribution in [2.24, 2.45) is 0 Å². The van der Waals surface area contributed by atoms with Crippen LogP contribution in [0.4, 0.5) is 0 Å².